The maximum Gasteiger partial charge on any atom is 0.294 e. The number of rotatable bonds is 8. The fraction of sp³-hybridized carbons (Fsp3) is 0.346. The minimum atomic E-state index is -0.511. The van der Waals surface area contributed by atoms with Gasteiger partial charge in [-0.25, -0.2) is 0 Å². The van der Waals surface area contributed by atoms with E-state index in [9.17, 15) is 24.5 Å². The Kier molecular flexibility index (Phi) is 8.72. The third-order valence-electron chi connectivity index (χ3n) is 6.41. The number of carbonyl (C=O) groups is 3. The average molecular weight is 604 g/mol. The van der Waals surface area contributed by atoms with Crippen LogP contribution in [-0.2, 0) is 16.2 Å². The SMILES string of the molecule is COc1cc(/C=C2/SC(=O)N(CC(=O)N3CCC(C)CC3)C2=O)c(Br)cc1OCc1ccc([N+](=O)[O-])cc1. The monoisotopic (exact) mass is 603 g/mol. The number of thioether (sulfide) groups is 1. The molecule has 200 valence electrons. The van der Waals surface area contributed by atoms with Crippen molar-refractivity contribution < 1.29 is 28.8 Å². The summed E-state index contributed by atoms with van der Waals surface area (Å²) in [5.41, 5.74) is 1.32. The van der Waals surface area contributed by atoms with Gasteiger partial charge in [-0.2, -0.15) is 0 Å². The van der Waals surface area contributed by atoms with Gasteiger partial charge in [-0.1, -0.05) is 22.9 Å². The molecule has 0 atom stereocenters. The summed E-state index contributed by atoms with van der Waals surface area (Å²) in [7, 11) is 1.48. The smallest absolute Gasteiger partial charge is 0.294 e. The van der Waals surface area contributed by atoms with Gasteiger partial charge in [0.15, 0.2) is 11.5 Å². The van der Waals surface area contributed by atoms with E-state index in [-0.39, 0.29) is 29.7 Å². The largest absolute Gasteiger partial charge is 0.493 e. The summed E-state index contributed by atoms with van der Waals surface area (Å²) in [6.45, 7) is 3.31. The second-order valence-electron chi connectivity index (χ2n) is 9.07. The molecule has 2 aliphatic heterocycles. The quantitative estimate of drug-likeness (QED) is 0.228. The van der Waals surface area contributed by atoms with Crippen LogP contribution >= 0.6 is 27.7 Å². The van der Waals surface area contributed by atoms with Gasteiger partial charge in [-0.05, 0) is 72.0 Å². The van der Waals surface area contributed by atoms with Gasteiger partial charge < -0.3 is 14.4 Å². The molecule has 0 aromatic heterocycles. The summed E-state index contributed by atoms with van der Waals surface area (Å²) in [6, 6.07) is 9.39. The fourth-order valence-electron chi connectivity index (χ4n) is 4.08. The first-order valence-electron chi connectivity index (χ1n) is 11.9. The zero-order valence-electron chi connectivity index (χ0n) is 20.8. The van der Waals surface area contributed by atoms with Crippen LogP contribution in [0, 0.1) is 16.0 Å². The number of carbonyl (C=O) groups excluding carboxylic acids is 3. The maximum atomic E-state index is 13.0. The lowest BCUT2D eigenvalue weighted by atomic mass is 9.99. The van der Waals surface area contributed by atoms with Crippen molar-refractivity contribution in [3.05, 3.63) is 67.0 Å². The van der Waals surface area contributed by atoms with Gasteiger partial charge in [0, 0.05) is 29.7 Å². The van der Waals surface area contributed by atoms with Gasteiger partial charge in [-0.15, -0.1) is 0 Å². The lowest BCUT2D eigenvalue weighted by Gasteiger charge is -2.31. The van der Waals surface area contributed by atoms with Gasteiger partial charge in [0.2, 0.25) is 5.91 Å². The summed E-state index contributed by atoms with van der Waals surface area (Å²) < 4.78 is 11.9. The van der Waals surface area contributed by atoms with Crippen LogP contribution in [0.4, 0.5) is 10.5 Å². The lowest BCUT2D eigenvalue weighted by molar-refractivity contribution is -0.384. The number of amides is 3. The van der Waals surface area contributed by atoms with Gasteiger partial charge >= 0.3 is 0 Å². The van der Waals surface area contributed by atoms with Crippen molar-refractivity contribution in [3.63, 3.8) is 0 Å². The molecule has 2 aromatic carbocycles. The molecule has 4 rings (SSSR count). The molecule has 2 aliphatic rings. The van der Waals surface area contributed by atoms with Crippen molar-refractivity contribution in [3.8, 4) is 11.5 Å². The molecule has 0 aliphatic carbocycles. The van der Waals surface area contributed by atoms with Crippen molar-refractivity contribution in [2.24, 2.45) is 5.92 Å². The van der Waals surface area contributed by atoms with Gasteiger partial charge in [0.25, 0.3) is 16.8 Å². The normalized spacial score (nSPS) is 17.3. The second-order valence-corrected chi connectivity index (χ2v) is 10.9. The number of hydrogen-bond acceptors (Lipinski definition) is 8. The Morgan fingerprint density at radius 3 is 2.50 bits per heavy atom. The fourth-order valence-corrected chi connectivity index (χ4v) is 5.35. The average Bonchev–Trinajstić information content (AvgIpc) is 3.16. The molecule has 12 heteroatoms. The molecule has 2 fully saturated rings. The minimum Gasteiger partial charge on any atom is -0.493 e. The molecule has 38 heavy (non-hydrogen) atoms. The minimum absolute atomic E-state index is 0.00617. The van der Waals surface area contributed by atoms with Crippen LogP contribution in [0.2, 0.25) is 0 Å². The molecule has 0 saturated carbocycles. The highest BCUT2D eigenvalue weighted by molar-refractivity contribution is 9.10. The highest BCUT2D eigenvalue weighted by Gasteiger charge is 2.37. The van der Waals surface area contributed by atoms with Crippen LogP contribution in [0.15, 0.2) is 45.8 Å². The van der Waals surface area contributed by atoms with Crippen molar-refractivity contribution in [2.75, 3.05) is 26.7 Å². The summed E-state index contributed by atoms with van der Waals surface area (Å²) in [6.07, 6.45) is 3.40. The topological polar surface area (TPSA) is 119 Å². The lowest BCUT2D eigenvalue weighted by Crippen LogP contribution is -2.45. The van der Waals surface area contributed by atoms with Crippen LogP contribution in [-0.4, -0.2) is 58.5 Å². The van der Waals surface area contributed by atoms with Gasteiger partial charge in [-0.3, -0.25) is 29.4 Å². The number of hydrogen-bond donors (Lipinski definition) is 0. The molecule has 0 spiro atoms. The first-order valence-corrected chi connectivity index (χ1v) is 13.5. The number of likely N-dealkylation sites (tertiary alicyclic amines) is 1. The molecule has 0 N–H and O–H groups in total. The summed E-state index contributed by atoms with van der Waals surface area (Å²) in [5.74, 6) is 0.647. The molecule has 2 aromatic rings. The number of nitrogens with zero attached hydrogens (tertiary/aromatic N) is 3. The number of ether oxygens (including phenoxy) is 2. The number of imide groups is 1. The molecule has 2 saturated heterocycles. The standard InChI is InChI=1S/C26H26BrN3O7S/c1-16-7-9-28(10-8-16)24(31)14-29-25(32)23(38-26(29)33)12-18-11-21(36-2)22(13-20(18)27)37-15-17-3-5-19(6-4-17)30(34)35/h3-6,11-13,16H,7-10,14-15H2,1-2H3/b23-12+. The van der Waals surface area contributed by atoms with Gasteiger partial charge in [0.05, 0.1) is 16.9 Å². The number of benzene rings is 2. The van der Waals surface area contributed by atoms with E-state index in [1.807, 2.05) is 0 Å². The van der Waals surface area contributed by atoms with E-state index < -0.39 is 16.1 Å². The number of non-ortho nitro benzene ring substituents is 1. The molecule has 0 bridgehead atoms. The van der Waals surface area contributed by atoms with E-state index >= 15 is 0 Å². The Morgan fingerprint density at radius 2 is 1.87 bits per heavy atom. The summed E-state index contributed by atoms with van der Waals surface area (Å²) >= 11 is 4.27. The first kappa shape index (κ1) is 27.6. The maximum absolute atomic E-state index is 13.0. The van der Waals surface area contributed by atoms with Crippen LogP contribution in [0.1, 0.15) is 30.9 Å². The number of nitro groups is 1. The predicted molar refractivity (Wildman–Crippen MR) is 146 cm³/mol. The van der Waals surface area contributed by atoms with Crippen LogP contribution < -0.4 is 9.47 Å². The van der Waals surface area contributed by atoms with Crippen molar-refractivity contribution in [1.29, 1.82) is 0 Å². The highest BCUT2D eigenvalue weighted by atomic mass is 79.9. The van der Waals surface area contributed by atoms with Crippen molar-refractivity contribution in [1.82, 2.24) is 9.80 Å². The second kappa shape index (κ2) is 12.0. The molecule has 3 amide bonds. The van der Waals surface area contributed by atoms with Gasteiger partial charge in [0.1, 0.15) is 13.2 Å². The van der Waals surface area contributed by atoms with Crippen molar-refractivity contribution >= 4 is 56.5 Å². The molecule has 2 heterocycles. The van der Waals surface area contributed by atoms with Crippen LogP contribution in [0.25, 0.3) is 6.08 Å². The Hall–Kier alpha value is -3.38. The van der Waals surface area contributed by atoms with E-state index in [0.29, 0.717) is 40.5 Å². The predicted octanol–water partition coefficient (Wildman–Crippen LogP) is 5.24. The zero-order valence-corrected chi connectivity index (χ0v) is 23.2. The van der Waals surface area contributed by atoms with E-state index in [1.54, 1.807) is 35.2 Å². The molecule has 0 unspecified atom stereocenters. The first-order chi connectivity index (χ1) is 18.2. The van der Waals surface area contributed by atoms with Crippen molar-refractivity contribution in [2.45, 2.75) is 26.4 Å². The molecular weight excluding hydrogens is 578 g/mol. The van der Waals surface area contributed by atoms with Crippen LogP contribution in [0.5, 0.6) is 11.5 Å². The highest BCUT2D eigenvalue weighted by Crippen LogP contribution is 2.38. The number of piperidine rings is 1. The summed E-state index contributed by atoms with van der Waals surface area (Å²) in [4.78, 5) is 51.5. The van der Waals surface area contributed by atoms with E-state index in [1.165, 1.54) is 19.2 Å². The Labute approximate surface area is 232 Å². The molecule has 10 nitrogen and oxygen atoms in total. The van der Waals surface area contributed by atoms with E-state index in [2.05, 4.69) is 22.9 Å². The molecule has 0 radical (unpaired) electrons. The number of halogens is 1. The Bertz CT molecular complexity index is 1290. The number of nitro benzene ring substituents is 1. The number of methoxy groups -OCH3 is 1. The zero-order chi connectivity index (χ0) is 27.4. The van der Waals surface area contributed by atoms with Crippen LogP contribution in [0.3, 0.4) is 0 Å². The summed E-state index contributed by atoms with van der Waals surface area (Å²) in [5, 5.41) is 10.4. The van der Waals surface area contributed by atoms with E-state index in [0.717, 1.165) is 35.1 Å². The molecular formula is C26H26BrN3O7S. The third-order valence-corrected chi connectivity index (χ3v) is 8.01. The Morgan fingerprint density at radius 1 is 1.18 bits per heavy atom. The van der Waals surface area contributed by atoms with E-state index in [4.69, 9.17) is 9.47 Å². The Balaban J connectivity index is 1.45. The third kappa shape index (κ3) is 6.36.